The average molecular weight is 341 g/mol. The van der Waals surface area contributed by atoms with Crippen LogP contribution in [0.25, 0.3) is 10.4 Å². The molecule has 25 heavy (non-hydrogen) atoms. The predicted octanol–water partition coefficient (Wildman–Crippen LogP) is 5.83. The van der Waals surface area contributed by atoms with Gasteiger partial charge in [0.2, 0.25) is 0 Å². The zero-order valence-corrected chi connectivity index (χ0v) is 15.9. The van der Waals surface area contributed by atoms with Crippen LogP contribution in [0.2, 0.25) is 0 Å². The van der Waals surface area contributed by atoms with Crippen LogP contribution in [0.15, 0.2) is 16.8 Å². The summed E-state index contributed by atoms with van der Waals surface area (Å²) in [6, 6.07) is 0.156. The molecule has 0 N–H and O–H groups in total. The fourth-order valence-corrected chi connectivity index (χ4v) is 7.48. The van der Waals surface area contributed by atoms with Crippen molar-refractivity contribution < 1.29 is 4.79 Å². The molecule has 4 heteroatoms. The minimum absolute atomic E-state index is 0.156. The summed E-state index contributed by atoms with van der Waals surface area (Å²) in [4.78, 5) is 15.2. The number of azide groups is 1. The molecule has 4 nitrogen and oxygen atoms in total. The van der Waals surface area contributed by atoms with Gasteiger partial charge in [0.05, 0.1) is 0 Å². The van der Waals surface area contributed by atoms with Crippen molar-refractivity contribution in [3.8, 4) is 0 Å². The Balaban J connectivity index is 1.63. The summed E-state index contributed by atoms with van der Waals surface area (Å²) in [5.41, 5.74) is 10.9. The fourth-order valence-electron chi connectivity index (χ4n) is 7.48. The number of rotatable bonds is 2. The molecule has 0 bridgehead atoms. The first-order valence-corrected chi connectivity index (χ1v) is 10.1. The second-order valence-electron chi connectivity index (χ2n) is 9.65. The van der Waals surface area contributed by atoms with Crippen LogP contribution >= 0.6 is 0 Å². The van der Waals surface area contributed by atoms with Crippen molar-refractivity contribution in [2.24, 2.45) is 39.6 Å². The van der Waals surface area contributed by atoms with Crippen LogP contribution in [0.1, 0.15) is 72.1 Å². The maximum atomic E-state index is 12.2. The van der Waals surface area contributed by atoms with E-state index in [0.29, 0.717) is 17.1 Å². The molecule has 0 aromatic carbocycles. The van der Waals surface area contributed by atoms with E-state index in [0.717, 1.165) is 37.5 Å². The zero-order chi connectivity index (χ0) is 17.8. The van der Waals surface area contributed by atoms with Crippen LogP contribution < -0.4 is 0 Å². The van der Waals surface area contributed by atoms with Crippen LogP contribution in [0, 0.1) is 34.5 Å². The summed E-state index contributed by atoms with van der Waals surface area (Å²) in [6.45, 7) is 6.69. The molecule has 0 spiro atoms. The normalized spacial score (nSPS) is 48.4. The first kappa shape index (κ1) is 17.1. The van der Waals surface area contributed by atoms with Crippen molar-refractivity contribution in [1.29, 1.82) is 0 Å². The lowest BCUT2D eigenvalue weighted by Gasteiger charge is -2.58. The number of carbonyl (C=O) groups excluding carboxylic acids is 1. The van der Waals surface area contributed by atoms with Gasteiger partial charge in [-0.1, -0.05) is 30.6 Å². The Hall–Kier alpha value is -1.28. The Morgan fingerprint density at radius 2 is 2.00 bits per heavy atom. The van der Waals surface area contributed by atoms with Gasteiger partial charge < -0.3 is 0 Å². The summed E-state index contributed by atoms with van der Waals surface area (Å²) in [7, 11) is 0. The summed E-state index contributed by atoms with van der Waals surface area (Å²) >= 11 is 0. The molecule has 7 atom stereocenters. The third-order valence-corrected chi connectivity index (χ3v) is 8.78. The minimum Gasteiger partial charge on any atom is -0.300 e. The number of ketones is 1. The van der Waals surface area contributed by atoms with Crippen molar-refractivity contribution in [3.05, 3.63) is 22.1 Å². The standard InChI is InChI=1S/C21H31N3O/c1-13(25)17-6-7-18-16-5-4-14-12-15(23-24-22)8-10-20(14,2)19(16)9-11-21(17,18)3/h4,15-19H,5-12H2,1-3H3/t15-,16+,17+,18-,19+,20-,21+/m0/s1. The van der Waals surface area contributed by atoms with Crippen molar-refractivity contribution in [3.63, 3.8) is 0 Å². The second kappa shape index (κ2) is 5.87. The predicted molar refractivity (Wildman–Crippen MR) is 98.8 cm³/mol. The van der Waals surface area contributed by atoms with Gasteiger partial charge in [-0.15, -0.1) is 0 Å². The maximum absolute atomic E-state index is 12.2. The fraction of sp³-hybridized carbons (Fsp3) is 0.857. The number of allylic oxidation sites excluding steroid dienone is 1. The second-order valence-corrected chi connectivity index (χ2v) is 9.65. The first-order valence-electron chi connectivity index (χ1n) is 10.1. The van der Waals surface area contributed by atoms with Crippen molar-refractivity contribution >= 4 is 5.78 Å². The van der Waals surface area contributed by atoms with Crippen LogP contribution in [-0.4, -0.2) is 11.8 Å². The van der Waals surface area contributed by atoms with E-state index >= 15 is 0 Å². The van der Waals surface area contributed by atoms with E-state index < -0.39 is 0 Å². The van der Waals surface area contributed by atoms with Crippen molar-refractivity contribution in [2.45, 2.75) is 78.2 Å². The third-order valence-electron chi connectivity index (χ3n) is 8.78. The summed E-state index contributed by atoms with van der Waals surface area (Å²) in [5, 5.41) is 4.01. The van der Waals surface area contributed by atoms with Gasteiger partial charge in [-0.3, -0.25) is 4.79 Å². The van der Waals surface area contributed by atoms with Gasteiger partial charge in [0.1, 0.15) is 5.78 Å². The molecule has 4 aliphatic rings. The lowest BCUT2D eigenvalue weighted by atomic mass is 9.47. The maximum Gasteiger partial charge on any atom is 0.133 e. The van der Waals surface area contributed by atoms with Crippen molar-refractivity contribution in [1.82, 2.24) is 0 Å². The van der Waals surface area contributed by atoms with E-state index in [2.05, 4.69) is 29.9 Å². The van der Waals surface area contributed by atoms with E-state index in [9.17, 15) is 4.79 Å². The Morgan fingerprint density at radius 1 is 1.20 bits per heavy atom. The molecule has 0 aliphatic heterocycles. The number of hydrogen-bond acceptors (Lipinski definition) is 2. The molecule has 0 aromatic heterocycles. The Kier molecular flexibility index (Phi) is 4.03. The SMILES string of the molecule is CC(=O)[C@H]1CC[C@H]2[C@H]3CC=C4C[C@@H](N=[N+]=[N-])CC[C@]4(C)[C@@H]3CC[C@]12C. The number of hydrogen-bond donors (Lipinski definition) is 0. The first-order chi connectivity index (χ1) is 11.9. The lowest BCUT2D eigenvalue weighted by molar-refractivity contribution is -0.127. The molecule has 4 rings (SSSR count). The van der Waals surface area contributed by atoms with E-state index in [1.54, 1.807) is 5.57 Å². The van der Waals surface area contributed by atoms with Gasteiger partial charge in [-0.05, 0) is 92.4 Å². The van der Waals surface area contributed by atoms with Gasteiger partial charge in [0.15, 0.2) is 0 Å². The topological polar surface area (TPSA) is 65.8 Å². The third kappa shape index (κ3) is 2.40. The summed E-state index contributed by atoms with van der Waals surface area (Å²) in [5.74, 6) is 2.91. The van der Waals surface area contributed by atoms with E-state index in [1.165, 1.54) is 25.7 Å². The summed E-state index contributed by atoms with van der Waals surface area (Å²) in [6.07, 6.45) is 11.6. The Labute approximate surface area is 151 Å². The molecule has 0 aromatic rings. The average Bonchev–Trinajstić information content (AvgIpc) is 2.93. The molecular weight excluding hydrogens is 310 g/mol. The molecule has 3 saturated carbocycles. The van der Waals surface area contributed by atoms with E-state index in [1.807, 2.05) is 6.92 Å². The largest absolute Gasteiger partial charge is 0.300 e. The molecule has 0 saturated heterocycles. The Morgan fingerprint density at radius 3 is 2.72 bits per heavy atom. The smallest absolute Gasteiger partial charge is 0.133 e. The monoisotopic (exact) mass is 341 g/mol. The van der Waals surface area contributed by atoms with Crippen LogP contribution in [0.4, 0.5) is 0 Å². The number of fused-ring (bicyclic) bond motifs is 5. The molecule has 136 valence electrons. The van der Waals surface area contributed by atoms with Gasteiger partial charge in [-0.2, -0.15) is 0 Å². The number of nitrogens with zero attached hydrogens (tertiary/aromatic N) is 3. The molecule has 0 amide bonds. The molecule has 4 aliphatic carbocycles. The van der Waals surface area contributed by atoms with E-state index in [4.69, 9.17) is 5.53 Å². The molecule has 0 unspecified atom stereocenters. The highest BCUT2D eigenvalue weighted by Crippen LogP contribution is 2.66. The van der Waals surface area contributed by atoms with Gasteiger partial charge >= 0.3 is 0 Å². The van der Waals surface area contributed by atoms with E-state index in [-0.39, 0.29) is 17.4 Å². The van der Waals surface area contributed by atoms with Gasteiger partial charge in [-0.25, -0.2) is 0 Å². The van der Waals surface area contributed by atoms with Crippen LogP contribution in [-0.2, 0) is 4.79 Å². The quantitative estimate of drug-likeness (QED) is 0.269. The highest BCUT2D eigenvalue weighted by atomic mass is 16.1. The molecule has 0 heterocycles. The van der Waals surface area contributed by atoms with Gasteiger partial charge in [0.25, 0.3) is 0 Å². The molecule has 3 fully saturated rings. The lowest BCUT2D eigenvalue weighted by Crippen LogP contribution is -2.50. The highest BCUT2D eigenvalue weighted by molar-refractivity contribution is 5.79. The van der Waals surface area contributed by atoms with Crippen LogP contribution in [0.3, 0.4) is 0 Å². The van der Waals surface area contributed by atoms with Gasteiger partial charge in [0, 0.05) is 16.9 Å². The van der Waals surface area contributed by atoms with Crippen LogP contribution in [0.5, 0.6) is 0 Å². The molecular formula is C21H31N3O. The molecule has 0 radical (unpaired) electrons. The zero-order valence-electron chi connectivity index (χ0n) is 15.9. The number of Topliss-reactive ketones (excluding diaryl/α,β-unsaturated/α-hetero) is 1. The number of carbonyl (C=O) groups is 1. The van der Waals surface area contributed by atoms with Crippen molar-refractivity contribution in [2.75, 3.05) is 0 Å². The summed E-state index contributed by atoms with van der Waals surface area (Å²) < 4.78 is 0. The minimum atomic E-state index is 0.156. The Bertz CT molecular complexity index is 664. The highest BCUT2D eigenvalue weighted by Gasteiger charge is 2.59.